The van der Waals surface area contributed by atoms with Crippen LogP contribution in [0.15, 0.2) is 18.3 Å². The second kappa shape index (κ2) is 4.74. The number of aromatic nitrogens is 1. The van der Waals surface area contributed by atoms with Gasteiger partial charge in [-0.05, 0) is 51.5 Å². The van der Waals surface area contributed by atoms with Gasteiger partial charge in [-0.1, -0.05) is 6.07 Å². The molecule has 2 rings (SSSR count). The zero-order valence-corrected chi connectivity index (χ0v) is 9.94. The molecule has 3 nitrogen and oxygen atoms in total. The molecule has 2 heterocycles. The SMILES string of the molecule is Cc1ccc(C(=O)C2CCN(C)CC2)nc1. The van der Waals surface area contributed by atoms with Crippen molar-refractivity contribution in [3.8, 4) is 0 Å². The average Bonchev–Trinajstić information content (AvgIpc) is 2.30. The first-order valence-corrected chi connectivity index (χ1v) is 5.82. The van der Waals surface area contributed by atoms with E-state index in [0.29, 0.717) is 5.69 Å². The first-order chi connectivity index (χ1) is 7.66. The molecule has 0 aromatic carbocycles. The normalized spacial score (nSPS) is 18.6. The summed E-state index contributed by atoms with van der Waals surface area (Å²) in [5.74, 6) is 0.388. The molecule has 0 bridgehead atoms. The van der Waals surface area contributed by atoms with E-state index in [1.807, 2.05) is 19.1 Å². The van der Waals surface area contributed by atoms with Crippen LogP contribution < -0.4 is 0 Å². The van der Waals surface area contributed by atoms with Crippen molar-refractivity contribution in [3.05, 3.63) is 29.6 Å². The van der Waals surface area contributed by atoms with Crippen LogP contribution in [-0.4, -0.2) is 35.8 Å². The van der Waals surface area contributed by atoms with Gasteiger partial charge in [-0.3, -0.25) is 9.78 Å². The largest absolute Gasteiger partial charge is 0.306 e. The van der Waals surface area contributed by atoms with E-state index in [0.717, 1.165) is 31.5 Å². The van der Waals surface area contributed by atoms with Crippen LogP contribution in [-0.2, 0) is 0 Å². The molecule has 1 aromatic heterocycles. The average molecular weight is 218 g/mol. The number of hydrogen-bond donors (Lipinski definition) is 0. The van der Waals surface area contributed by atoms with Crippen molar-refractivity contribution in [3.63, 3.8) is 0 Å². The third-order valence-corrected chi connectivity index (χ3v) is 3.25. The van der Waals surface area contributed by atoms with E-state index in [1.165, 1.54) is 0 Å². The third kappa shape index (κ3) is 2.47. The Labute approximate surface area is 96.5 Å². The van der Waals surface area contributed by atoms with Gasteiger partial charge in [0, 0.05) is 12.1 Å². The number of carbonyl (C=O) groups excluding carboxylic acids is 1. The number of carbonyl (C=O) groups is 1. The highest BCUT2D eigenvalue weighted by Gasteiger charge is 2.24. The fourth-order valence-corrected chi connectivity index (χ4v) is 2.09. The van der Waals surface area contributed by atoms with Gasteiger partial charge in [-0.2, -0.15) is 0 Å². The van der Waals surface area contributed by atoms with Gasteiger partial charge >= 0.3 is 0 Å². The second-order valence-electron chi connectivity index (χ2n) is 4.66. The number of Topliss-reactive ketones (excluding diaryl/α,β-unsaturated/α-hetero) is 1. The van der Waals surface area contributed by atoms with Gasteiger partial charge in [-0.25, -0.2) is 0 Å². The van der Waals surface area contributed by atoms with Gasteiger partial charge in [-0.15, -0.1) is 0 Å². The van der Waals surface area contributed by atoms with E-state index in [2.05, 4.69) is 16.9 Å². The van der Waals surface area contributed by atoms with E-state index in [4.69, 9.17) is 0 Å². The Bertz CT molecular complexity index is 364. The van der Waals surface area contributed by atoms with Gasteiger partial charge < -0.3 is 4.90 Å². The summed E-state index contributed by atoms with van der Waals surface area (Å²) in [6, 6.07) is 3.80. The quantitative estimate of drug-likeness (QED) is 0.711. The maximum Gasteiger partial charge on any atom is 0.184 e. The maximum atomic E-state index is 12.1. The van der Waals surface area contributed by atoms with E-state index in [1.54, 1.807) is 6.20 Å². The topological polar surface area (TPSA) is 33.2 Å². The molecule has 0 amide bonds. The smallest absolute Gasteiger partial charge is 0.184 e. The zero-order chi connectivity index (χ0) is 11.5. The molecule has 1 aliphatic rings. The van der Waals surface area contributed by atoms with E-state index in [9.17, 15) is 4.79 Å². The summed E-state index contributed by atoms with van der Waals surface area (Å²) < 4.78 is 0. The summed E-state index contributed by atoms with van der Waals surface area (Å²) in [4.78, 5) is 18.6. The molecule has 0 unspecified atom stereocenters. The molecule has 0 radical (unpaired) electrons. The molecule has 0 atom stereocenters. The Morgan fingerprint density at radius 3 is 2.62 bits per heavy atom. The summed E-state index contributed by atoms with van der Waals surface area (Å²) >= 11 is 0. The van der Waals surface area contributed by atoms with Crippen molar-refractivity contribution in [1.29, 1.82) is 0 Å². The number of nitrogens with zero attached hydrogens (tertiary/aromatic N) is 2. The van der Waals surface area contributed by atoms with Crippen LogP contribution >= 0.6 is 0 Å². The predicted molar refractivity (Wildman–Crippen MR) is 63.5 cm³/mol. The third-order valence-electron chi connectivity index (χ3n) is 3.25. The van der Waals surface area contributed by atoms with E-state index < -0.39 is 0 Å². The lowest BCUT2D eigenvalue weighted by atomic mass is 9.91. The molecule has 0 aliphatic carbocycles. The fraction of sp³-hybridized carbons (Fsp3) is 0.538. The van der Waals surface area contributed by atoms with Crippen LogP contribution in [0, 0.1) is 12.8 Å². The number of likely N-dealkylation sites (tertiary alicyclic amines) is 1. The summed E-state index contributed by atoms with van der Waals surface area (Å²) in [7, 11) is 2.10. The fourth-order valence-electron chi connectivity index (χ4n) is 2.09. The van der Waals surface area contributed by atoms with E-state index >= 15 is 0 Å². The standard InChI is InChI=1S/C13H18N2O/c1-10-3-4-12(14-9-10)13(16)11-5-7-15(2)8-6-11/h3-4,9,11H,5-8H2,1-2H3. The first kappa shape index (κ1) is 11.3. The molecule has 16 heavy (non-hydrogen) atoms. The van der Waals surface area contributed by atoms with Crippen molar-refractivity contribution in [2.45, 2.75) is 19.8 Å². The van der Waals surface area contributed by atoms with Crippen molar-refractivity contribution < 1.29 is 4.79 Å². The van der Waals surface area contributed by atoms with Crippen molar-refractivity contribution in [1.82, 2.24) is 9.88 Å². The lowest BCUT2D eigenvalue weighted by Crippen LogP contribution is -2.33. The summed E-state index contributed by atoms with van der Waals surface area (Å²) in [5.41, 5.74) is 1.72. The Kier molecular flexibility index (Phi) is 3.34. The molecule has 86 valence electrons. The molecule has 3 heteroatoms. The van der Waals surface area contributed by atoms with Crippen molar-refractivity contribution in [2.75, 3.05) is 20.1 Å². The molecular formula is C13H18N2O. The molecule has 1 fully saturated rings. The summed E-state index contributed by atoms with van der Waals surface area (Å²) in [6.07, 6.45) is 3.69. The highest BCUT2D eigenvalue weighted by Crippen LogP contribution is 2.20. The minimum atomic E-state index is 0.173. The molecule has 1 aromatic rings. The Morgan fingerprint density at radius 2 is 2.06 bits per heavy atom. The van der Waals surface area contributed by atoms with Gasteiger partial charge in [0.1, 0.15) is 5.69 Å². The van der Waals surface area contributed by atoms with Crippen molar-refractivity contribution in [2.24, 2.45) is 5.92 Å². The zero-order valence-electron chi connectivity index (χ0n) is 9.94. The monoisotopic (exact) mass is 218 g/mol. The van der Waals surface area contributed by atoms with Crippen LogP contribution in [0.1, 0.15) is 28.9 Å². The van der Waals surface area contributed by atoms with Gasteiger partial charge in [0.05, 0.1) is 0 Å². The summed E-state index contributed by atoms with van der Waals surface area (Å²) in [6.45, 7) is 4.02. The molecule has 0 saturated carbocycles. The molecule has 1 saturated heterocycles. The van der Waals surface area contributed by atoms with Crippen LogP contribution in [0.2, 0.25) is 0 Å². The Morgan fingerprint density at radius 1 is 1.38 bits per heavy atom. The minimum Gasteiger partial charge on any atom is -0.306 e. The summed E-state index contributed by atoms with van der Waals surface area (Å²) in [5, 5.41) is 0. The first-order valence-electron chi connectivity index (χ1n) is 5.82. The van der Waals surface area contributed by atoms with Gasteiger partial charge in [0.2, 0.25) is 0 Å². The molecule has 0 N–H and O–H groups in total. The van der Waals surface area contributed by atoms with Crippen LogP contribution in [0.25, 0.3) is 0 Å². The van der Waals surface area contributed by atoms with Crippen molar-refractivity contribution >= 4 is 5.78 Å². The van der Waals surface area contributed by atoms with Crippen LogP contribution in [0.5, 0.6) is 0 Å². The molecule has 1 aliphatic heterocycles. The van der Waals surface area contributed by atoms with Crippen LogP contribution in [0.4, 0.5) is 0 Å². The van der Waals surface area contributed by atoms with E-state index in [-0.39, 0.29) is 11.7 Å². The molecular weight excluding hydrogens is 200 g/mol. The molecule has 0 spiro atoms. The number of ketones is 1. The number of pyridine rings is 1. The number of rotatable bonds is 2. The van der Waals surface area contributed by atoms with Gasteiger partial charge in [0.25, 0.3) is 0 Å². The lowest BCUT2D eigenvalue weighted by Gasteiger charge is -2.27. The second-order valence-corrected chi connectivity index (χ2v) is 4.66. The maximum absolute atomic E-state index is 12.1. The number of piperidine rings is 1. The predicted octanol–water partition coefficient (Wildman–Crippen LogP) is 1.91. The highest BCUT2D eigenvalue weighted by atomic mass is 16.1. The Hall–Kier alpha value is -1.22. The highest BCUT2D eigenvalue weighted by molar-refractivity contribution is 5.96. The Balaban J connectivity index is 2.05. The number of hydrogen-bond acceptors (Lipinski definition) is 3. The minimum absolute atomic E-state index is 0.173. The van der Waals surface area contributed by atoms with Gasteiger partial charge in [0.15, 0.2) is 5.78 Å². The number of aryl methyl sites for hydroxylation is 1. The van der Waals surface area contributed by atoms with Crippen LogP contribution in [0.3, 0.4) is 0 Å². The lowest BCUT2D eigenvalue weighted by molar-refractivity contribution is 0.0851.